The van der Waals surface area contributed by atoms with Crippen molar-refractivity contribution < 1.29 is 4.79 Å². The fraction of sp³-hybridized carbons (Fsp3) is 0.278. The predicted molar refractivity (Wildman–Crippen MR) is 90.4 cm³/mol. The van der Waals surface area contributed by atoms with Gasteiger partial charge in [0.25, 0.3) is 0 Å². The highest BCUT2D eigenvalue weighted by molar-refractivity contribution is 6.31. The molecule has 0 spiro atoms. The van der Waals surface area contributed by atoms with Crippen molar-refractivity contribution in [1.29, 1.82) is 0 Å². The lowest BCUT2D eigenvalue weighted by molar-refractivity contribution is -0.117. The number of hydrogen-bond acceptors (Lipinski definition) is 2. The number of carbonyl (C=O) groups excluding carboxylic acids is 1. The Morgan fingerprint density at radius 2 is 1.95 bits per heavy atom. The van der Waals surface area contributed by atoms with Crippen molar-refractivity contribution in [1.82, 2.24) is 5.32 Å². The van der Waals surface area contributed by atoms with Gasteiger partial charge in [-0.15, -0.1) is 0 Å². The maximum Gasteiger partial charge on any atom is 0.240 e. The number of fused-ring (bicyclic) bond motifs is 1. The quantitative estimate of drug-likeness (QED) is 0.935. The monoisotopic (exact) mass is 314 g/mol. The lowest BCUT2D eigenvalue weighted by Crippen LogP contribution is -2.38. The molecule has 1 N–H and O–H groups in total. The zero-order valence-electron chi connectivity index (χ0n) is 12.6. The molecule has 0 aromatic heterocycles. The molecule has 1 aliphatic heterocycles. The molecule has 0 unspecified atom stereocenters. The van der Waals surface area contributed by atoms with E-state index in [9.17, 15) is 4.79 Å². The van der Waals surface area contributed by atoms with E-state index in [0.29, 0.717) is 6.54 Å². The van der Waals surface area contributed by atoms with Gasteiger partial charge in [-0.25, -0.2) is 0 Å². The highest BCUT2D eigenvalue weighted by Gasteiger charge is 2.24. The van der Waals surface area contributed by atoms with Gasteiger partial charge in [0.1, 0.15) is 0 Å². The van der Waals surface area contributed by atoms with Gasteiger partial charge in [0.15, 0.2) is 0 Å². The first-order valence-corrected chi connectivity index (χ1v) is 7.90. The van der Waals surface area contributed by atoms with Crippen LogP contribution in [0, 0.1) is 0 Å². The minimum Gasteiger partial charge on any atom is -0.311 e. The minimum atomic E-state index is 0.0375. The van der Waals surface area contributed by atoms with Gasteiger partial charge in [-0.3, -0.25) is 4.79 Å². The number of anilines is 1. The van der Waals surface area contributed by atoms with Crippen molar-refractivity contribution in [2.24, 2.45) is 0 Å². The van der Waals surface area contributed by atoms with Gasteiger partial charge in [-0.1, -0.05) is 48.0 Å². The SMILES string of the molecule is C[C@H](NCC(=O)N1CCc2ccccc21)c1ccccc1Cl. The number of hydrogen-bond donors (Lipinski definition) is 1. The molecule has 0 bridgehead atoms. The van der Waals surface area contributed by atoms with E-state index in [4.69, 9.17) is 11.6 Å². The summed E-state index contributed by atoms with van der Waals surface area (Å²) in [6.07, 6.45) is 0.933. The topological polar surface area (TPSA) is 32.3 Å². The summed E-state index contributed by atoms with van der Waals surface area (Å²) in [5.74, 6) is 0.101. The maximum absolute atomic E-state index is 12.5. The second kappa shape index (κ2) is 6.51. The van der Waals surface area contributed by atoms with Crippen molar-refractivity contribution >= 4 is 23.2 Å². The number of amides is 1. The Morgan fingerprint density at radius 1 is 1.23 bits per heavy atom. The van der Waals surface area contributed by atoms with Gasteiger partial charge in [0, 0.05) is 23.3 Å². The van der Waals surface area contributed by atoms with Gasteiger partial charge >= 0.3 is 0 Å². The van der Waals surface area contributed by atoms with E-state index in [1.807, 2.05) is 54.3 Å². The molecule has 1 atom stereocenters. The zero-order valence-corrected chi connectivity index (χ0v) is 13.3. The molecule has 3 rings (SSSR count). The van der Waals surface area contributed by atoms with Crippen LogP contribution in [0.1, 0.15) is 24.1 Å². The molecule has 1 amide bonds. The van der Waals surface area contributed by atoms with Gasteiger partial charge < -0.3 is 10.2 Å². The van der Waals surface area contributed by atoms with Crippen LogP contribution < -0.4 is 10.2 Å². The van der Waals surface area contributed by atoms with E-state index in [2.05, 4.69) is 11.4 Å². The number of halogens is 1. The molecule has 0 fully saturated rings. The molecular formula is C18H19ClN2O. The van der Waals surface area contributed by atoms with Gasteiger partial charge in [-0.05, 0) is 36.6 Å². The summed E-state index contributed by atoms with van der Waals surface area (Å²) >= 11 is 6.19. The smallest absolute Gasteiger partial charge is 0.240 e. The van der Waals surface area contributed by atoms with E-state index < -0.39 is 0 Å². The number of nitrogens with one attached hydrogen (secondary N) is 1. The largest absolute Gasteiger partial charge is 0.311 e. The average molecular weight is 315 g/mol. The van der Waals surface area contributed by atoms with E-state index in [0.717, 1.165) is 29.2 Å². The molecule has 2 aromatic carbocycles. The summed E-state index contributed by atoms with van der Waals surface area (Å²) in [7, 11) is 0. The molecule has 4 heteroatoms. The standard InChI is InChI=1S/C18H19ClN2O/c1-13(15-7-3-4-8-16(15)19)20-12-18(22)21-11-10-14-6-2-5-9-17(14)21/h2-9,13,20H,10-12H2,1H3/t13-/m0/s1. The van der Waals surface area contributed by atoms with Crippen LogP contribution in [0.5, 0.6) is 0 Å². The summed E-state index contributed by atoms with van der Waals surface area (Å²) in [4.78, 5) is 14.3. The Morgan fingerprint density at radius 3 is 2.77 bits per heavy atom. The molecule has 0 saturated carbocycles. The number of benzene rings is 2. The summed E-state index contributed by atoms with van der Waals surface area (Å²) in [5.41, 5.74) is 3.30. The lowest BCUT2D eigenvalue weighted by atomic mass is 10.1. The fourth-order valence-corrected chi connectivity index (χ4v) is 3.17. The van der Waals surface area contributed by atoms with Crippen LogP contribution in [0.4, 0.5) is 5.69 Å². The van der Waals surface area contributed by atoms with Crippen LogP contribution in [0.15, 0.2) is 48.5 Å². The molecule has 0 aliphatic carbocycles. The molecule has 1 heterocycles. The maximum atomic E-state index is 12.5. The predicted octanol–water partition coefficient (Wildman–Crippen LogP) is 3.58. The molecule has 1 aliphatic rings. The zero-order chi connectivity index (χ0) is 15.5. The molecule has 2 aromatic rings. The van der Waals surface area contributed by atoms with Crippen molar-refractivity contribution in [3.63, 3.8) is 0 Å². The summed E-state index contributed by atoms with van der Waals surface area (Å²) in [6, 6.07) is 15.8. The normalized spacial score (nSPS) is 14.7. The van der Waals surface area contributed by atoms with Crippen LogP contribution in [-0.4, -0.2) is 19.0 Å². The van der Waals surface area contributed by atoms with Crippen molar-refractivity contribution in [3.8, 4) is 0 Å². The van der Waals surface area contributed by atoms with E-state index >= 15 is 0 Å². The highest BCUT2D eigenvalue weighted by Crippen LogP contribution is 2.27. The molecule has 0 radical (unpaired) electrons. The van der Waals surface area contributed by atoms with Crippen molar-refractivity contribution in [3.05, 3.63) is 64.7 Å². The minimum absolute atomic E-state index is 0.0375. The molecule has 3 nitrogen and oxygen atoms in total. The summed E-state index contributed by atoms with van der Waals surface area (Å²) in [5, 5.41) is 4.00. The molecule has 0 saturated heterocycles. The first-order chi connectivity index (χ1) is 10.7. The third-order valence-corrected chi connectivity index (χ3v) is 4.46. The third kappa shape index (κ3) is 3.01. The fourth-order valence-electron chi connectivity index (χ4n) is 2.87. The lowest BCUT2D eigenvalue weighted by Gasteiger charge is -2.20. The van der Waals surface area contributed by atoms with Crippen LogP contribution in [-0.2, 0) is 11.2 Å². The first kappa shape index (κ1) is 15.1. The average Bonchev–Trinajstić information content (AvgIpc) is 2.97. The number of rotatable bonds is 4. The van der Waals surface area contributed by atoms with E-state index in [1.165, 1.54) is 5.56 Å². The first-order valence-electron chi connectivity index (χ1n) is 7.53. The Bertz CT molecular complexity index is 686. The molecular weight excluding hydrogens is 296 g/mol. The third-order valence-electron chi connectivity index (χ3n) is 4.12. The van der Waals surface area contributed by atoms with Crippen LogP contribution in [0.2, 0.25) is 5.02 Å². The van der Waals surface area contributed by atoms with Crippen molar-refractivity contribution in [2.75, 3.05) is 18.0 Å². The second-order valence-electron chi connectivity index (χ2n) is 5.55. The van der Waals surface area contributed by atoms with Crippen LogP contribution >= 0.6 is 11.6 Å². The van der Waals surface area contributed by atoms with Crippen LogP contribution in [0.25, 0.3) is 0 Å². The Kier molecular flexibility index (Phi) is 4.46. The summed E-state index contributed by atoms with van der Waals surface area (Å²) in [6.45, 7) is 3.09. The number of carbonyl (C=O) groups is 1. The highest BCUT2D eigenvalue weighted by atomic mass is 35.5. The van der Waals surface area contributed by atoms with Crippen LogP contribution in [0.3, 0.4) is 0 Å². The molecule has 114 valence electrons. The second-order valence-corrected chi connectivity index (χ2v) is 5.96. The van der Waals surface area contributed by atoms with Gasteiger partial charge in [-0.2, -0.15) is 0 Å². The van der Waals surface area contributed by atoms with Gasteiger partial charge in [0.2, 0.25) is 5.91 Å². The number of nitrogens with zero attached hydrogens (tertiary/aromatic N) is 1. The Balaban J connectivity index is 1.63. The van der Waals surface area contributed by atoms with E-state index in [1.54, 1.807) is 0 Å². The molecule has 22 heavy (non-hydrogen) atoms. The Labute approximate surface area is 135 Å². The van der Waals surface area contributed by atoms with Crippen molar-refractivity contribution in [2.45, 2.75) is 19.4 Å². The number of para-hydroxylation sites is 1. The van der Waals surface area contributed by atoms with Gasteiger partial charge in [0.05, 0.1) is 6.54 Å². The summed E-state index contributed by atoms with van der Waals surface area (Å²) < 4.78 is 0. The van der Waals surface area contributed by atoms with E-state index in [-0.39, 0.29) is 11.9 Å². The Hall–Kier alpha value is -1.84.